The maximum absolute atomic E-state index is 6.35. The first-order valence-electron chi connectivity index (χ1n) is 16.3. The normalized spacial score (nSPS) is 12.7. The fourth-order valence-electron chi connectivity index (χ4n) is 4.79. The van der Waals surface area contributed by atoms with Crippen LogP contribution in [-0.4, -0.2) is 22.4 Å². The van der Waals surface area contributed by atoms with E-state index in [4.69, 9.17) is 18.9 Å². The number of hydrogen-bond donors (Lipinski definition) is 1. The van der Waals surface area contributed by atoms with Gasteiger partial charge in [0.15, 0.2) is 0 Å². The molecule has 0 bridgehead atoms. The molecule has 47 heavy (non-hydrogen) atoms. The van der Waals surface area contributed by atoms with Gasteiger partial charge in [-0.3, -0.25) is 4.86 Å². The van der Waals surface area contributed by atoms with Gasteiger partial charge in [-0.05, 0) is 153 Å². The van der Waals surface area contributed by atoms with Gasteiger partial charge in [0, 0.05) is 16.1 Å². The molecule has 0 aliphatic carbocycles. The average Bonchev–Trinajstić information content (AvgIpc) is 2.90. The van der Waals surface area contributed by atoms with Crippen molar-refractivity contribution in [2.45, 2.75) is 105 Å². The van der Waals surface area contributed by atoms with Gasteiger partial charge < -0.3 is 18.9 Å². The maximum atomic E-state index is 6.35. The Morgan fingerprint density at radius 2 is 0.574 bits per heavy atom. The lowest BCUT2D eigenvalue weighted by Crippen LogP contribution is -2.29. The monoisotopic (exact) mass is 673 g/mol. The quantitative estimate of drug-likeness (QED) is 0.170. The van der Waals surface area contributed by atoms with Crippen molar-refractivity contribution in [2.24, 2.45) is 0 Å². The predicted molar refractivity (Wildman–Crippen MR) is 203 cm³/mol. The second kappa shape index (κ2) is 14.6. The highest BCUT2D eigenvalue weighted by Gasteiger charge is 2.26. The van der Waals surface area contributed by atoms with Crippen LogP contribution >= 0.6 is 16.1 Å². The topological polar surface area (TPSA) is 49.0 Å². The van der Waals surface area contributed by atoms with E-state index in [9.17, 15) is 0 Å². The number of hydrogen-bond acceptors (Lipinski definition) is 5. The molecule has 0 spiro atoms. The Bertz CT molecular complexity index is 1390. The van der Waals surface area contributed by atoms with E-state index in [1.165, 1.54) is 0 Å². The summed E-state index contributed by atoms with van der Waals surface area (Å²) in [6.45, 7) is 24.9. The minimum Gasteiger partial charge on any atom is -0.488 e. The molecule has 4 aromatic carbocycles. The molecule has 0 aromatic heterocycles. The second-order valence-corrected chi connectivity index (χ2v) is 19.8. The summed E-state index contributed by atoms with van der Waals surface area (Å²) < 4.78 is 25.4. The molecule has 7 heteroatoms. The zero-order chi connectivity index (χ0) is 34.6. The van der Waals surface area contributed by atoms with Crippen molar-refractivity contribution >= 4 is 37.4 Å². The van der Waals surface area contributed by atoms with Gasteiger partial charge in [0.25, 0.3) is 0 Å². The molecular formula is C40H53NO4P2. The molecule has 1 N–H and O–H groups in total. The lowest BCUT2D eigenvalue weighted by atomic mass is 10.2. The molecule has 0 heterocycles. The van der Waals surface area contributed by atoms with Gasteiger partial charge >= 0.3 is 0 Å². The van der Waals surface area contributed by atoms with Crippen LogP contribution < -0.4 is 45.0 Å². The Labute approximate surface area is 286 Å². The van der Waals surface area contributed by atoms with Crippen LogP contribution in [0.1, 0.15) is 83.1 Å². The highest BCUT2D eigenvalue weighted by Crippen LogP contribution is 2.44. The molecule has 0 unspecified atom stereocenters. The summed E-state index contributed by atoms with van der Waals surface area (Å²) in [5, 5.41) is 4.63. The van der Waals surface area contributed by atoms with E-state index in [-0.39, 0.29) is 22.4 Å². The number of ether oxygens (including phenoxy) is 4. The van der Waals surface area contributed by atoms with Gasteiger partial charge in [-0.1, -0.05) is 48.5 Å². The third kappa shape index (κ3) is 12.1. The van der Waals surface area contributed by atoms with Crippen molar-refractivity contribution < 1.29 is 18.9 Å². The lowest BCUT2D eigenvalue weighted by Gasteiger charge is -2.30. The lowest BCUT2D eigenvalue weighted by molar-refractivity contribution is 0.130. The molecule has 4 rings (SSSR count). The van der Waals surface area contributed by atoms with E-state index in [0.717, 1.165) is 44.2 Å². The molecule has 4 aromatic rings. The highest BCUT2D eigenvalue weighted by atomic mass is 31.2. The molecule has 252 valence electrons. The third-order valence-corrected chi connectivity index (χ3v) is 11.0. The minimum atomic E-state index is -1.09. The summed E-state index contributed by atoms with van der Waals surface area (Å²) in [5.41, 5.74) is -1.27. The number of nitrogens with one attached hydrogen (secondary N) is 1. The van der Waals surface area contributed by atoms with Gasteiger partial charge in [0.1, 0.15) is 45.4 Å². The molecular weight excluding hydrogens is 620 g/mol. The standard InChI is InChI=1S/C40H53NO4P2/c1-37(2,3)42-29-17-13-21-33(25-29)46(34-22-14-18-30(26-34)43-38(4,5)6)41-47(35-23-15-19-31(27-35)44-39(7,8)9)36-24-16-20-32(28-36)45-40(10,11)12/h13-28,41H,1-12H3. The van der Waals surface area contributed by atoms with E-state index in [2.05, 4.69) is 161 Å². The van der Waals surface area contributed by atoms with Crippen LogP contribution in [0.2, 0.25) is 0 Å². The molecule has 0 atom stereocenters. The summed E-state index contributed by atoms with van der Waals surface area (Å²) in [6, 6.07) is 33.9. The zero-order valence-corrected chi connectivity index (χ0v) is 32.1. The van der Waals surface area contributed by atoms with E-state index in [1.807, 2.05) is 24.3 Å². The Morgan fingerprint density at radius 3 is 0.766 bits per heavy atom. The zero-order valence-electron chi connectivity index (χ0n) is 30.3. The number of rotatable bonds is 10. The van der Waals surface area contributed by atoms with Gasteiger partial charge in [0.05, 0.1) is 0 Å². The van der Waals surface area contributed by atoms with Crippen LogP contribution in [0.3, 0.4) is 0 Å². The molecule has 0 radical (unpaired) electrons. The predicted octanol–water partition coefficient (Wildman–Crippen LogP) is 9.38. The fourth-order valence-corrected chi connectivity index (χ4v) is 10.00. The van der Waals surface area contributed by atoms with Crippen LogP contribution in [-0.2, 0) is 0 Å². The first-order chi connectivity index (χ1) is 21.7. The van der Waals surface area contributed by atoms with Gasteiger partial charge in [-0.2, -0.15) is 0 Å². The van der Waals surface area contributed by atoms with Crippen LogP contribution in [0.15, 0.2) is 97.1 Å². The largest absolute Gasteiger partial charge is 0.488 e. The Balaban J connectivity index is 1.89. The summed E-state index contributed by atoms with van der Waals surface area (Å²) >= 11 is 0. The van der Waals surface area contributed by atoms with Crippen LogP contribution in [0.5, 0.6) is 23.0 Å². The van der Waals surface area contributed by atoms with E-state index < -0.39 is 16.1 Å². The second-order valence-electron chi connectivity index (χ2n) is 15.6. The Hall–Kier alpha value is -3.10. The summed E-state index contributed by atoms with van der Waals surface area (Å²) in [4.78, 5) is 4.19. The minimum absolute atomic E-state index is 0.317. The van der Waals surface area contributed by atoms with Crippen molar-refractivity contribution in [2.75, 3.05) is 0 Å². The number of benzene rings is 4. The molecule has 0 saturated carbocycles. The molecule has 0 aliphatic heterocycles. The van der Waals surface area contributed by atoms with Crippen LogP contribution in [0, 0.1) is 0 Å². The fraction of sp³-hybridized carbons (Fsp3) is 0.400. The molecule has 0 fully saturated rings. The maximum Gasteiger partial charge on any atom is 0.120 e. The molecule has 0 saturated heterocycles. The van der Waals surface area contributed by atoms with Crippen molar-refractivity contribution in [1.29, 1.82) is 0 Å². The summed E-state index contributed by atoms with van der Waals surface area (Å²) in [7, 11) is -2.18. The van der Waals surface area contributed by atoms with Crippen LogP contribution in [0.25, 0.3) is 0 Å². The van der Waals surface area contributed by atoms with E-state index in [1.54, 1.807) is 0 Å². The molecule has 0 amide bonds. The first kappa shape index (κ1) is 36.7. The molecule has 0 aliphatic rings. The smallest absolute Gasteiger partial charge is 0.120 e. The van der Waals surface area contributed by atoms with Gasteiger partial charge in [-0.25, -0.2) is 0 Å². The van der Waals surface area contributed by atoms with Crippen molar-refractivity contribution in [1.82, 2.24) is 4.86 Å². The van der Waals surface area contributed by atoms with Crippen molar-refractivity contribution in [3.8, 4) is 23.0 Å². The van der Waals surface area contributed by atoms with Gasteiger partial charge in [-0.15, -0.1) is 0 Å². The van der Waals surface area contributed by atoms with Crippen molar-refractivity contribution in [3.63, 3.8) is 0 Å². The molecule has 5 nitrogen and oxygen atoms in total. The summed E-state index contributed by atoms with van der Waals surface area (Å²) in [5.74, 6) is 3.38. The van der Waals surface area contributed by atoms with Crippen molar-refractivity contribution in [3.05, 3.63) is 97.1 Å². The van der Waals surface area contributed by atoms with E-state index >= 15 is 0 Å². The Morgan fingerprint density at radius 1 is 0.362 bits per heavy atom. The Kier molecular flexibility index (Phi) is 11.4. The van der Waals surface area contributed by atoms with E-state index in [0.29, 0.717) is 0 Å². The third-order valence-electron chi connectivity index (χ3n) is 6.20. The first-order valence-corrected chi connectivity index (χ1v) is 18.9. The van der Waals surface area contributed by atoms with Crippen LogP contribution in [0.4, 0.5) is 0 Å². The average molecular weight is 674 g/mol. The SMILES string of the molecule is CC(C)(C)Oc1cccc(P(NP(c2cccc(OC(C)(C)C)c2)c2cccc(OC(C)(C)C)c2)c2cccc(OC(C)(C)C)c2)c1. The highest BCUT2D eigenvalue weighted by molar-refractivity contribution is 7.85. The summed E-state index contributed by atoms with van der Waals surface area (Å²) in [6.07, 6.45) is 0. The van der Waals surface area contributed by atoms with Gasteiger partial charge in [0.2, 0.25) is 0 Å².